The van der Waals surface area contributed by atoms with E-state index >= 15 is 0 Å². The fourth-order valence-electron chi connectivity index (χ4n) is 2.64. The highest BCUT2D eigenvalue weighted by Gasteiger charge is 2.29. The summed E-state index contributed by atoms with van der Waals surface area (Å²) in [5.41, 5.74) is 3.36. The van der Waals surface area contributed by atoms with Crippen LogP contribution in [0.2, 0.25) is 0 Å². The maximum atomic E-state index is 9.23. The zero-order valence-corrected chi connectivity index (χ0v) is 11.5. The van der Waals surface area contributed by atoms with Gasteiger partial charge < -0.3 is 10.2 Å². The minimum atomic E-state index is 0.242. The molecule has 96 valence electrons. The molecular formula is C15H21N3. The van der Waals surface area contributed by atoms with Gasteiger partial charge in [-0.15, -0.1) is 0 Å². The van der Waals surface area contributed by atoms with Crippen LogP contribution in [0.4, 0.5) is 5.69 Å². The third-order valence-electron chi connectivity index (χ3n) is 4.14. The van der Waals surface area contributed by atoms with Crippen molar-refractivity contribution in [1.82, 2.24) is 5.32 Å². The molecule has 0 atom stereocenters. The highest BCUT2D eigenvalue weighted by Crippen LogP contribution is 2.30. The number of aryl methyl sites for hydroxylation is 1. The molecule has 1 N–H and O–H groups in total. The number of para-hydroxylation sites is 1. The number of benzene rings is 1. The number of anilines is 1. The summed E-state index contributed by atoms with van der Waals surface area (Å²) in [7, 11) is 2.03. The molecule has 1 heterocycles. The highest BCUT2D eigenvalue weighted by atomic mass is 15.2. The fraction of sp³-hybridized carbons (Fsp3) is 0.533. The second-order valence-electron chi connectivity index (χ2n) is 5.38. The lowest BCUT2D eigenvalue weighted by atomic mass is 9.89. The number of nitriles is 1. The first-order valence-corrected chi connectivity index (χ1v) is 6.53. The van der Waals surface area contributed by atoms with Crippen LogP contribution in [0.15, 0.2) is 18.2 Å². The molecule has 0 aliphatic carbocycles. The Hall–Kier alpha value is -1.53. The summed E-state index contributed by atoms with van der Waals surface area (Å²) in [6, 6.07) is 8.26. The Kier molecular flexibility index (Phi) is 3.58. The molecule has 0 spiro atoms. The predicted octanol–water partition coefficient (Wildman–Crippen LogP) is 2.45. The van der Waals surface area contributed by atoms with E-state index < -0.39 is 0 Å². The molecule has 1 aliphatic rings. The number of nitrogens with one attached hydrogen (secondary N) is 1. The molecule has 3 heteroatoms. The SMILES string of the molecule is CNC1(C)CCN(c2c(C)cccc2C#N)CC1. The third-order valence-corrected chi connectivity index (χ3v) is 4.14. The molecule has 0 bridgehead atoms. The summed E-state index contributed by atoms with van der Waals surface area (Å²) in [6.07, 6.45) is 2.23. The number of hydrogen-bond acceptors (Lipinski definition) is 3. The molecule has 0 saturated carbocycles. The van der Waals surface area contributed by atoms with Gasteiger partial charge in [0.2, 0.25) is 0 Å². The standard InChI is InChI=1S/C15H21N3/c1-12-5-4-6-13(11-16)14(12)18-9-7-15(2,17-3)8-10-18/h4-6,17H,7-10H2,1-3H3. The molecule has 0 amide bonds. The highest BCUT2D eigenvalue weighted by molar-refractivity contribution is 5.64. The summed E-state index contributed by atoms with van der Waals surface area (Å²) < 4.78 is 0. The summed E-state index contributed by atoms with van der Waals surface area (Å²) >= 11 is 0. The van der Waals surface area contributed by atoms with E-state index in [1.807, 2.05) is 19.2 Å². The van der Waals surface area contributed by atoms with Gasteiger partial charge in [0.1, 0.15) is 6.07 Å². The van der Waals surface area contributed by atoms with Crippen molar-refractivity contribution in [1.29, 1.82) is 5.26 Å². The Morgan fingerprint density at radius 3 is 2.56 bits per heavy atom. The van der Waals surface area contributed by atoms with Gasteiger partial charge in [0, 0.05) is 18.6 Å². The lowest BCUT2D eigenvalue weighted by Gasteiger charge is -2.41. The molecule has 0 unspecified atom stereocenters. The molecule has 1 aromatic carbocycles. The average Bonchev–Trinajstić information content (AvgIpc) is 2.40. The zero-order chi connectivity index (χ0) is 13.2. The molecular weight excluding hydrogens is 222 g/mol. The second-order valence-corrected chi connectivity index (χ2v) is 5.38. The Morgan fingerprint density at radius 1 is 1.33 bits per heavy atom. The number of hydrogen-bond donors (Lipinski definition) is 1. The zero-order valence-electron chi connectivity index (χ0n) is 11.5. The van der Waals surface area contributed by atoms with Crippen molar-refractivity contribution < 1.29 is 0 Å². The van der Waals surface area contributed by atoms with Crippen molar-refractivity contribution in [3.05, 3.63) is 29.3 Å². The maximum absolute atomic E-state index is 9.23. The minimum Gasteiger partial charge on any atom is -0.370 e. The number of piperidine rings is 1. The molecule has 1 fully saturated rings. The van der Waals surface area contributed by atoms with E-state index in [0.29, 0.717) is 0 Å². The van der Waals surface area contributed by atoms with Crippen LogP contribution in [-0.4, -0.2) is 25.7 Å². The van der Waals surface area contributed by atoms with Gasteiger partial charge in [-0.1, -0.05) is 12.1 Å². The second kappa shape index (κ2) is 4.99. The van der Waals surface area contributed by atoms with Crippen molar-refractivity contribution >= 4 is 5.69 Å². The number of nitrogens with zero attached hydrogens (tertiary/aromatic N) is 2. The Morgan fingerprint density at radius 2 is 2.00 bits per heavy atom. The van der Waals surface area contributed by atoms with E-state index in [9.17, 15) is 5.26 Å². The smallest absolute Gasteiger partial charge is 0.101 e. The first-order chi connectivity index (χ1) is 8.59. The van der Waals surface area contributed by atoms with E-state index in [0.717, 1.165) is 37.2 Å². The van der Waals surface area contributed by atoms with Gasteiger partial charge in [-0.25, -0.2) is 0 Å². The van der Waals surface area contributed by atoms with Gasteiger partial charge in [0.15, 0.2) is 0 Å². The van der Waals surface area contributed by atoms with Crippen molar-refractivity contribution in [2.75, 3.05) is 25.0 Å². The van der Waals surface area contributed by atoms with E-state index in [1.165, 1.54) is 5.56 Å². The van der Waals surface area contributed by atoms with Crippen molar-refractivity contribution in [3.63, 3.8) is 0 Å². The lowest BCUT2D eigenvalue weighted by molar-refractivity contribution is 0.305. The van der Waals surface area contributed by atoms with Crippen LogP contribution in [0.3, 0.4) is 0 Å². The van der Waals surface area contributed by atoms with Crippen LogP contribution in [0.25, 0.3) is 0 Å². The van der Waals surface area contributed by atoms with Crippen LogP contribution >= 0.6 is 0 Å². The van der Waals surface area contributed by atoms with Gasteiger partial charge in [-0.3, -0.25) is 0 Å². The average molecular weight is 243 g/mol. The van der Waals surface area contributed by atoms with Crippen LogP contribution in [0.5, 0.6) is 0 Å². The quantitative estimate of drug-likeness (QED) is 0.867. The molecule has 3 nitrogen and oxygen atoms in total. The molecule has 18 heavy (non-hydrogen) atoms. The van der Waals surface area contributed by atoms with Crippen LogP contribution in [-0.2, 0) is 0 Å². The van der Waals surface area contributed by atoms with Crippen LogP contribution in [0.1, 0.15) is 30.9 Å². The predicted molar refractivity (Wildman–Crippen MR) is 74.8 cm³/mol. The van der Waals surface area contributed by atoms with Crippen LogP contribution < -0.4 is 10.2 Å². The van der Waals surface area contributed by atoms with Gasteiger partial charge in [0.25, 0.3) is 0 Å². The molecule has 2 rings (SSSR count). The Labute approximate surface area is 109 Å². The molecule has 0 aromatic heterocycles. The first-order valence-electron chi connectivity index (χ1n) is 6.53. The van der Waals surface area contributed by atoms with E-state index in [4.69, 9.17) is 0 Å². The van der Waals surface area contributed by atoms with E-state index in [1.54, 1.807) is 0 Å². The summed E-state index contributed by atoms with van der Waals surface area (Å²) in [6.45, 7) is 6.38. The third kappa shape index (κ3) is 2.34. The van der Waals surface area contributed by atoms with Gasteiger partial charge in [0.05, 0.1) is 11.3 Å². The normalized spacial score (nSPS) is 18.4. The largest absolute Gasteiger partial charge is 0.370 e. The Bertz CT molecular complexity index is 465. The molecule has 1 aliphatic heterocycles. The fourth-order valence-corrected chi connectivity index (χ4v) is 2.64. The van der Waals surface area contributed by atoms with E-state index in [2.05, 4.69) is 36.2 Å². The molecule has 0 radical (unpaired) electrons. The summed E-state index contributed by atoms with van der Waals surface area (Å²) in [5.74, 6) is 0. The minimum absolute atomic E-state index is 0.242. The monoisotopic (exact) mass is 243 g/mol. The first kappa shape index (κ1) is 12.9. The maximum Gasteiger partial charge on any atom is 0.101 e. The van der Waals surface area contributed by atoms with E-state index in [-0.39, 0.29) is 5.54 Å². The molecule has 1 aromatic rings. The Balaban J connectivity index is 2.23. The summed E-state index contributed by atoms with van der Waals surface area (Å²) in [5, 5.41) is 12.6. The van der Waals surface area contributed by atoms with Gasteiger partial charge >= 0.3 is 0 Å². The number of rotatable bonds is 2. The van der Waals surface area contributed by atoms with Gasteiger partial charge in [-0.2, -0.15) is 5.26 Å². The van der Waals surface area contributed by atoms with Crippen LogP contribution in [0, 0.1) is 18.3 Å². The molecule has 1 saturated heterocycles. The topological polar surface area (TPSA) is 39.1 Å². The van der Waals surface area contributed by atoms with Crippen molar-refractivity contribution in [2.45, 2.75) is 32.2 Å². The summed E-state index contributed by atoms with van der Waals surface area (Å²) in [4.78, 5) is 2.35. The lowest BCUT2D eigenvalue weighted by Crippen LogP contribution is -2.50. The van der Waals surface area contributed by atoms with Gasteiger partial charge in [-0.05, 0) is 45.4 Å². The van der Waals surface area contributed by atoms with Crippen molar-refractivity contribution in [3.8, 4) is 6.07 Å². The van der Waals surface area contributed by atoms with Crippen molar-refractivity contribution in [2.24, 2.45) is 0 Å².